The van der Waals surface area contributed by atoms with Crippen molar-refractivity contribution >= 4 is 5.97 Å². The van der Waals surface area contributed by atoms with Crippen molar-refractivity contribution in [3.63, 3.8) is 0 Å². The van der Waals surface area contributed by atoms with E-state index in [2.05, 4.69) is 32.9 Å². The zero-order valence-electron chi connectivity index (χ0n) is 26.5. The average molecular weight is 579 g/mol. The fraction of sp³-hybridized carbons (Fsp3) is 0.400. The van der Waals surface area contributed by atoms with E-state index in [0.717, 1.165) is 24.0 Å². The average Bonchev–Trinajstić information content (AvgIpc) is 2.90. The Kier molecular flexibility index (Phi) is 12.8. The van der Waals surface area contributed by atoms with E-state index in [1.165, 1.54) is 31.4 Å². The summed E-state index contributed by atoms with van der Waals surface area (Å²) in [6.07, 6.45) is 11.0. The van der Waals surface area contributed by atoms with Gasteiger partial charge in [-0.15, -0.1) is 0 Å². The van der Waals surface area contributed by atoms with Gasteiger partial charge in [-0.05, 0) is 86.6 Å². The monoisotopic (exact) mass is 578 g/mol. The van der Waals surface area contributed by atoms with Crippen LogP contribution in [0.4, 0.5) is 0 Å². The van der Waals surface area contributed by atoms with Crippen LogP contribution in [0.15, 0.2) is 58.7 Å². The molecule has 0 atom stereocenters. The van der Waals surface area contributed by atoms with E-state index in [4.69, 9.17) is 14.2 Å². The Morgan fingerprint density at radius 1 is 0.714 bits per heavy atom. The molecule has 2 aromatic carbocycles. The van der Waals surface area contributed by atoms with Gasteiger partial charge in [-0.1, -0.05) is 46.6 Å². The van der Waals surface area contributed by atoms with Gasteiger partial charge < -0.3 is 29.5 Å². The van der Waals surface area contributed by atoms with E-state index in [0.29, 0.717) is 47.5 Å². The summed E-state index contributed by atoms with van der Waals surface area (Å²) in [7, 11) is 2.93. The summed E-state index contributed by atoms with van der Waals surface area (Å²) < 4.78 is 17.5. The van der Waals surface area contributed by atoms with Crippen LogP contribution in [0.3, 0.4) is 0 Å². The summed E-state index contributed by atoms with van der Waals surface area (Å²) in [4.78, 5) is 12.4. The van der Waals surface area contributed by atoms with Crippen molar-refractivity contribution in [3.05, 3.63) is 81.0 Å². The van der Waals surface area contributed by atoms with Crippen LogP contribution in [-0.4, -0.2) is 35.5 Å². The highest BCUT2D eigenvalue weighted by Crippen LogP contribution is 2.46. The van der Waals surface area contributed by atoms with Crippen LogP contribution in [0.5, 0.6) is 34.5 Å². The van der Waals surface area contributed by atoms with Gasteiger partial charge in [-0.3, -0.25) is 0 Å². The molecule has 0 unspecified atom stereocenters. The lowest BCUT2D eigenvalue weighted by atomic mass is 9.99. The van der Waals surface area contributed by atoms with Crippen molar-refractivity contribution in [3.8, 4) is 34.5 Å². The number of carboxylic acid groups (broad SMARTS) is 1. The lowest BCUT2D eigenvalue weighted by Gasteiger charge is -2.20. The van der Waals surface area contributed by atoms with Crippen molar-refractivity contribution < 1.29 is 34.3 Å². The highest BCUT2D eigenvalue weighted by atomic mass is 16.5. The highest BCUT2D eigenvalue weighted by molar-refractivity contribution is 5.95. The zero-order chi connectivity index (χ0) is 31.6. The number of benzene rings is 2. The van der Waals surface area contributed by atoms with Crippen LogP contribution in [-0.2, 0) is 19.3 Å². The van der Waals surface area contributed by atoms with E-state index in [1.54, 1.807) is 6.07 Å². The van der Waals surface area contributed by atoms with Crippen LogP contribution < -0.4 is 14.2 Å². The van der Waals surface area contributed by atoms with Gasteiger partial charge in [0.05, 0.1) is 14.2 Å². The predicted octanol–water partition coefficient (Wildman–Crippen LogP) is 8.86. The molecule has 0 spiro atoms. The van der Waals surface area contributed by atoms with Gasteiger partial charge in [-0.2, -0.15) is 0 Å². The molecule has 0 aliphatic carbocycles. The number of methoxy groups -OCH3 is 2. The molecule has 42 heavy (non-hydrogen) atoms. The first-order chi connectivity index (χ1) is 19.8. The summed E-state index contributed by atoms with van der Waals surface area (Å²) in [5, 5.41) is 32.4. The number of ether oxygens (including phenoxy) is 3. The number of aromatic carboxylic acids is 1. The second kappa shape index (κ2) is 15.8. The maximum Gasteiger partial charge on any atom is 0.343 e. The van der Waals surface area contributed by atoms with E-state index < -0.39 is 11.7 Å². The molecule has 0 aromatic heterocycles. The Bertz CT molecular complexity index is 1400. The van der Waals surface area contributed by atoms with Crippen molar-refractivity contribution in [1.29, 1.82) is 0 Å². The number of rotatable bonds is 14. The molecule has 7 heteroatoms. The number of hydrogen-bond acceptors (Lipinski definition) is 6. The molecule has 0 saturated heterocycles. The lowest BCUT2D eigenvalue weighted by molar-refractivity contribution is 0.0690. The van der Waals surface area contributed by atoms with Crippen LogP contribution in [0, 0.1) is 0 Å². The molecule has 3 N–H and O–H groups in total. The molecule has 7 nitrogen and oxygen atoms in total. The third-order valence-electron chi connectivity index (χ3n) is 6.77. The number of allylic oxidation sites excluding steroid dienone is 8. The Balaban J connectivity index is 2.73. The molecular formula is C35H46O7. The smallest absolute Gasteiger partial charge is 0.343 e. The fourth-order valence-corrected chi connectivity index (χ4v) is 4.41. The fourth-order valence-electron chi connectivity index (χ4n) is 4.41. The summed E-state index contributed by atoms with van der Waals surface area (Å²) >= 11 is 0. The SMILES string of the molecule is COc1cc(Oc2cc(CC=C(C)CCC=C(C)C)c(O)c(OC)c2CC=C(C)C)c(C(=O)O)c(O)c1CC=C(C)C. The molecule has 0 fully saturated rings. The third-order valence-corrected chi connectivity index (χ3v) is 6.77. The molecule has 0 heterocycles. The molecule has 0 radical (unpaired) electrons. The summed E-state index contributed by atoms with van der Waals surface area (Å²) in [6, 6.07) is 3.19. The molecule has 2 aromatic rings. The highest BCUT2D eigenvalue weighted by Gasteiger charge is 2.26. The minimum absolute atomic E-state index is 0.00584. The molecule has 0 amide bonds. The summed E-state index contributed by atoms with van der Waals surface area (Å²) in [6.45, 7) is 14.0. The Morgan fingerprint density at radius 3 is 1.83 bits per heavy atom. The van der Waals surface area contributed by atoms with Gasteiger partial charge in [0.15, 0.2) is 11.5 Å². The van der Waals surface area contributed by atoms with E-state index >= 15 is 0 Å². The van der Waals surface area contributed by atoms with Gasteiger partial charge in [0.1, 0.15) is 28.6 Å². The minimum Gasteiger partial charge on any atom is -0.506 e. The molecule has 228 valence electrons. The van der Waals surface area contributed by atoms with Crippen molar-refractivity contribution in [1.82, 2.24) is 0 Å². The number of carbonyl (C=O) groups is 1. The number of phenols is 2. The largest absolute Gasteiger partial charge is 0.506 e. The first-order valence-corrected chi connectivity index (χ1v) is 14.1. The zero-order valence-corrected chi connectivity index (χ0v) is 26.5. The van der Waals surface area contributed by atoms with Crippen molar-refractivity contribution in [2.75, 3.05) is 14.2 Å². The topological polar surface area (TPSA) is 105 Å². The van der Waals surface area contributed by atoms with E-state index in [-0.39, 0.29) is 22.8 Å². The predicted molar refractivity (Wildman–Crippen MR) is 169 cm³/mol. The van der Waals surface area contributed by atoms with Gasteiger partial charge in [0, 0.05) is 22.8 Å². The first-order valence-electron chi connectivity index (χ1n) is 14.1. The second-order valence-electron chi connectivity index (χ2n) is 11.1. The van der Waals surface area contributed by atoms with Crippen LogP contribution >= 0.6 is 0 Å². The molecule has 2 rings (SSSR count). The van der Waals surface area contributed by atoms with E-state index in [1.807, 2.05) is 39.8 Å². The first kappa shape index (κ1) is 34.1. The maximum absolute atomic E-state index is 12.4. The van der Waals surface area contributed by atoms with Crippen molar-refractivity contribution in [2.45, 2.75) is 80.6 Å². The summed E-state index contributed by atoms with van der Waals surface area (Å²) in [5.74, 6) is -0.958. The van der Waals surface area contributed by atoms with Crippen LogP contribution in [0.25, 0.3) is 0 Å². The number of hydrogen-bond donors (Lipinski definition) is 3. The van der Waals surface area contributed by atoms with E-state index in [9.17, 15) is 20.1 Å². The Hall–Kier alpha value is -4.13. The lowest BCUT2D eigenvalue weighted by Crippen LogP contribution is -2.06. The second-order valence-corrected chi connectivity index (χ2v) is 11.1. The number of carboxylic acids is 1. The summed E-state index contributed by atoms with van der Waals surface area (Å²) in [5.41, 5.74) is 5.61. The standard InChI is InChI=1S/C35H46O7/c1-21(2)11-10-12-24(7)15-16-25-19-29(27(18-14-23(5)6)34(41-9)32(25)36)42-30-20-28(40-8)26(17-13-22(3)4)33(37)31(30)35(38)39/h11,13-15,19-20,36-37H,10,12,16-18H2,1-9H3,(H,38,39). The minimum atomic E-state index is -1.34. The Labute approximate surface area is 250 Å². The van der Waals surface area contributed by atoms with Gasteiger partial charge in [-0.25, -0.2) is 4.79 Å². The number of phenolic OH excluding ortho intramolecular Hbond substituents is 1. The molecule has 0 aliphatic rings. The molecular weight excluding hydrogens is 532 g/mol. The normalized spacial score (nSPS) is 11.0. The van der Waals surface area contributed by atoms with Crippen LogP contribution in [0.1, 0.15) is 88.4 Å². The molecule has 0 aliphatic heterocycles. The van der Waals surface area contributed by atoms with Gasteiger partial charge in [0.25, 0.3) is 0 Å². The van der Waals surface area contributed by atoms with Crippen LogP contribution in [0.2, 0.25) is 0 Å². The number of aromatic hydroxyl groups is 2. The molecule has 0 saturated carbocycles. The maximum atomic E-state index is 12.4. The Morgan fingerprint density at radius 2 is 1.31 bits per heavy atom. The van der Waals surface area contributed by atoms with Gasteiger partial charge >= 0.3 is 5.97 Å². The quantitative estimate of drug-likeness (QED) is 0.192. The third kappa shape index (κ3) is 9.20. The molecule has 0 bridgehead atoms. The van der Waals surface area contributed by atoms with Crippen molar-refractivity contribution in [2.24, 2.45) is 0 Å². The van der Waals surface area contributed by atoms with Gasteiger partial charge in [0.2, 0.25) is 0 Å².